The van der Waals surface area contributed by atoms with Crippen LogP contribution in [-0.4, -0.2) is 29.2 Å². The molecule has 1 N–H and O–H groups in total. The van der Waals surface area contributed by atoms with E-state index < -0.39 is 5.97 Å². The van der Waals surface area contributed by atoms with E-state index in [0.29, 0.717) is 11.0 Å². The second-order valence-electron chi connectivity index (χ2n) is 5.77. The van der Waals surface area contributed by atoms with Gasteiger partial charge >= 0.3 is 5.97 Å². The predicted octanol–water partition coefficient (Wildman–Crippen LogP) is 3.62. The van der Waals surface area contributed by atoms with Crippen LogP contribution in [0.15, 0.2) is 24.3 Å². The van der Waals surface area contributed by atoms with E-state index in [1.54, 1.807) is 24.3 Å². The molecule has 3 rings (SSSR count). The zero-order valence-electron chi connectivity index (χ0n) is 13.4. The molecule has 1 saturated carbocycles. The van der Waals surface area contributed by atoms with Gasteiger partial charge in [0.25, 0.3) is 5.91 Å². The topological polar surface area (TPSA) is 81.2 Å². The molecule has 1 aromatic heterocycles. The number of nitrogens with one attached hydrogen (secondary N) is 1. The lowest BCUT2D eigenvalue weighted by Crippen LogP contribution is -2.17. The maximum atomic E-state index is 12.5. The molecule has 1 aliphatic rings. The molecule has 0 unspecified atom stereocenters. The first-order chi connectivity index (χ1) is 11.7. The summed E-state index contributed by atoms with van der Waals surface area (Å²) in [6, 6.07) is 6.54. The molecule has 0 saturated heterocycles. The van der Waals surface area contributed by atoms with Gasteiger partial charge in [0.1, 0.15) is 5.01 Å². The van der Waals surface area contributed by atoms with E-state index >= 15 is 0 Å². The Labute approximate surface area is 144 Å². The first kappa shape index (κ1) is 16.6. The molecule has 1 aromatic carbocycles. The van der Waals surface area contributed by atoms with Gasteiger partial charge in [0.2, 0.25) is 5.13 Å². The minimum atomic E-state index is -0.541. The van der Waals surface area contributed by atoms with Crippen molar-refractivity contribution in [3.05, 3.63) is 40.4 Å². The summed E-state index contributed by atoms with van der Waals surface area (Å²) in [6.45, 7) is 0. The average Bonchev–Trinajstić information content (AvgIpc) is 3.10. The van der Waals surface area contributed by atoms with E-state index in [4.69, 9.17) is 4.74 Å². The van der Waals surface area contributed by atoms with Gasteiger partial charge in [0, 0.05) is 5.92 Å². The van der Waals surface area contributed by atoms with E-state index in [1.165, 1.54) is 37.7 Å². The summed E-state index contributed by atoms with van der Waals surface area (Å²) in [6.07, 6.45) is 5.99. The Morgan fingerprint density at radius 3 is 2.54 bits per heavy atom. The molecule has 126 valence electrons. The van der Waals surface area contributed by atoms with E-state index in [9.17, 15) is 9.59 Å². The smallest absolute Gasteiger partial charge is 0.338 e. The van der Waals surface area contributed by atoms with Gasteiger partial charge in [-0.1, -0.05) is 42.7 Å². The molecule has 0 atom stereocenters. The van der Waals surface area contributed by atoms with Crippen molar-refractivity contribution >= 4 is 28.3 Å². The van der Waals surface area contributed by atoms with Gasteiger partial charge in [0.05, 0.1) is 18.2 Å². The van der Waals surface area contributed by atoms with Crippen molar-refractivity contribution < 1.29 is 14.3 Å². The maximum Gasteiger partial charge on any atom is 0.338 e. The number of carbonyl (C=O) groups excluding carboxylic acids is 2. The van der Waals surface area contributed by atoms with Crippen molar-refractivity contribution in [1.29, 1.82) is 0 Å². The van der Waals surface area contributed by atoms with Crippen molar-refractivity contribution in [2.24, 2.45) is 0 Å². The highest BCUT2D eigenvalue weighted by molar-refractivity contribution is 7.15. The summed E-state index contributed by atoms with van der Waals surface area (Å²) in [5.74, 6) is -0.479. The Hall–Kier alpha value is -2.28. The molecule has 0 aliphatic heterocycles. The highest BCUT2D eigenvalue weighted by Crippen LogP contribution is 2.35. The molecule has 24 heavy (non-hydrogen) atoms. The lowest BCUT2D eigenvalue weighted by Gasteiger charge is -2.18. The first-order valence-corrected chi connectivity index (χ1v) is 8.83. The molecule has 6 nitrogen and oxygen atoms in total. The van der Waals surface area contributed by atoms with Crippen LogP contribution < -0.4 is 5.32 Å². The Bertz CT molecular complexity index is 738. The number of carbonyl (C=O) groups is 2. The number of amides is 1. The third-order valence-corrected chi connectivity index (χ3v) is 5.19. The van der Waals surface area contributed by atoms with Crippen molar-refractivity contribution in [2.75, 3.05) is 12.4 Å². The van der Waals surface area contributed by atoms with Crippen LogP contribution in [0.1, 0.15) is 63.7 Å². The number of esters is 1. The standard InChI is InChI=1S/C17H19N3O3S/c1-23-16(22)13-10-6-5-9-12(13)14(21)18-17-20-19-15(24-17)11-7-3-2-4-8-11/h5-6,9-11H,2-4,7-8H2,1H3,(H,18,20,21). The number of methoxy groups -OCH3 is 1. The SMILES string of the molecule is COC(=O)c1ccccc1C(=O)Nc1nnc(C2CCCCC2)s1. The number of anilines is 1. The van der Waals surface area contributed by atoms with E-state index in [2.05, 4.69) is 15.5 Å². The summed E-state index contributed by atoms with van der Waals surface area (Å²) < 4.78 is 4.72. The Kier molecular flexibility index (Phi) is 5.20. The molecular formula is C17H19N3O3S. The minimum Gasteiger partial charge on any atom is -0.465 e. The first-order valence-electron chi connectivity index (χ1n) is 8.01. The fraction of sp³-hybridized carbons (Fsp3) is 0.412. The van der Waals surface area contributed by atoms with Crippen LogP contribution in [0.4, 0.5) is 5.13 Å². The summed E-state index contributed by atoms with van der Waals surface area (Å²) in [7, 11) is 1.29. The summed E-state index contributed by atoms with van der Waals surface area (Å²) in [4.78, 5) is 24.2. The van der Waals surface area contributed by atoms with E-state index in [1.807, 2.05) is 0 Å². The van der Waals surface area contributed by atoms with Crippen LogP contribution in [0.5, 0.6) is 0 Å². The Morgan fingerprint density at radius 1 is 1.12 bits per heavy atom. The normalized spacial score (nSPS) is 15.0. The second kappa shape index (κ2) is 7.53. The van der Waals surface area contributed by atoms with Gasteiger partial charge in [-0.05, 0) is 25.0 Å². The van der Waals surface area contributed by atoms with Gasteiger partial charge in [-0.15, -0.1) is 10.2 Å². The zero-order valence-corrected chi connectivity index (χ0v) is 14.3. The van der Waals surface area contributed by atoms with Crippen LogP contribution in [0.3, 0.4) is 0 Å². The quantitative estimate of drug-likeness (QED) is 0.856. The molecule has 0 radical (unpaired) electrons. The molecule has 0 spiro atoms. The number of ether oxygens (including phenoxy) is 1. The highest BCUT2D eigenvalue weighted by Gasteiger charge is 2.22. The lowest BCUT2D eigenvalue weighted by atomic mass is 9.90. The van der Waals surface area contributed by atoms with Crippen molar-refractivity contribution in [3.8, 4) is 0 Å². The largest absolute Gasteiger partial charge is 0.465 e. The number of rotatable bonds is 4. The molecular weight excluding hydrogens is 326 g/mol. The number of benzene rings is 1. The summed E-state index contributed by atoms with van der Waals surface area (Å²) in [5.41, 5.74) is 0.494. The third kappa shape index (κ3) is 3.62. The van der Waals surface area contributed by atoms with Crippen molar-refractivity contribution in [3.63, 3.8) is 0 Å². The molecule has 1 fully saturated rings. The fourth-order valence-electron chi connectivity index (χ4n) is 2.93. The van der Waals surface area contributed by atoms with Crippen LogP contribution in [0, 0.1) is 0 Å². The molecule has 1 aliphatic carbocycles. The van der Waals surface area contributed by atoms with Gasteiger partial charge in [-0.3, -0.25) is 10.1 Å². The van der Waals surface area contributed by atoms with Crippen LogP contribution in [-0.2, 0) is 4.74 Å². The predicted molar refractivity (Wildman–Crippen MR) is 91.5 cm³/mol. The average molecular weight is 345 g/mol. The van der Waals surface area contributed by atoms with Crippen LogP contribution >= 0.6 is 11.3 Å². The number of hydrogen-bond donors (Lipinski definition) is 1. The fourth-order valence-corrected chi connectivity index (χ4v) is 3.84. The van der Waals surface area contributed by atoms with E-state index in [-0.39, 0.29) is 17.0 Å². The Balaban J connectivity index is 1.74. The molecule has 0 bridgehead atoms. The number of aromatic nitrogens is 2. The summed E-state index contributed by atoms with van der Waals surface area (Å²) in [5, 5.41) is 12.5. The van der Waals surface area contributed by atoms with Crippen molar-refractivity contribution in [2.45, 2.75) is 38.0 Å². The second-order valence-corrected chi connectivity index (χ2v) is 6.78. The highest BCUT2D eigenvalue weighted by atomic mass is 32.1. The molecule has 7 heteroatoms. The van der Waals surface area contributed by atoms with E-state index in [0.717, 1.165) is 17.8 Å². The minimum absolute atomic E-state index is 0.231. The zero-order chi connectivity index (χ0) is 16.9. The van der Waals surface area contributed by atoms with Crippen LogP contribution in [0.25, 0.3) is 0 Å². The number of hydrogen-bond acceptors (Lipinski definition) is 6. The van der Waals surface area contributed by atoms with Gasteiger partial charge in [0.15, 0.2) is 0 Å². The molecule has 2 aromatic rings. The maximum absolute atomic E-state index is 12.5. The third-order valence-electron chi connectivity index (χ3n) is 4.19. The summed E-state index contributed by atoms with van der Waals surface area (Å²) >= 11 is 1.41. The van der Waals surface area contributed by atoms with Gasteiger partial charge in [-0.2, -0.15) is 0 Å². The van der Waals surface area contributed by atoms with Gasteiger partial charge < -0.3 is 4.74 Å². The molecule has 1 amide bonds. The van der Waals surface area contributed by atoms with Crippen LogP contribution in [0.2, 0.25) is 0 Å². The van der Waals surface area contributed by atoms with Gasteiger partial charge in [-0.25, -0.2) is 4.79 Å². The number of nitrogens with zero attached hydrogens (tertiary/aromatic N) is 2. The molecule has 1 heterocycles. The Morgan fingerprint density at radius 2 is 1.83 bits per heavy atom. The lowest BCUT2D eigenvalue weighted by molar-refractivity contribution is 0.0597. The van der Waals surface area contributed by atoms with Crippen molar-refractivity contribution in [1.82, 2.24) is 10.2 Å². The monoisotopic (exact) mass is 345 g/mol.